The van der Waals surface area contributed by atoms with Crippen molar-refractivity contribution in [3.05, 3.63) is 104 Å². The monoisotopic (exact) mass is 1000 g/mol. The van der Waals surface area contributed by atoms with Crippen LogP contribution < -0.4 is 20.5 Å². The van der Waals surface area contributed by atoms with Crippen LogP contribution in [0.2, 0.25) is 10.0 Å². The molecule has 372 valence electrons. The van der Waals surface area contributed by atoms with Crippen molar-refractivity contribution in [2.45, 2.75) is 91.4 Å². The number of anilines is 2. The Labute approximate surface area is 416 Å². The van der Waals surface area contributed by atoms with E-state index in [0.29, 0.717) is 102 Å². The summed E-state index contributed by atoms with van der Waals surface area (Å²) < 4.78 is 49.5. The molecule has 3 unspecified atom stereocenters. The van der Waals surface area contributed by atoms with Crippen LogP contribution in [0.3, 0.4) is 0 Å². The first-order valence-corrected chi connectivity index (χ1v) is 24.7. The fraction of sp³-hybridized carbons (Fsp3) is 0.480. The number of carbonyl (C=O) groups is 2. The lowest BCUT2D eigenvalue weighted by Gasteiger charge is -2.35. The molecule has 0 spiro atoms. The first kappa shape index (κ1) is 49.2. The fourth-order valence-electron chi connectivity index (χ4n) is 9.84. The van der Waals surface area contributed by atoms with Gasteiger partial charge in [-0.15, -0.1) is 0 Å². The maximum Gasteiger partial charge on any atom is 0.260 e. The number of amides is 2. The van der Waals surface area contributed by atoms with E-state index in [1.54, 1.807) is 34.6 Å². The van der Waals surface area contributed by atoms with Gasteiger partial charge >= 0.3 is 0 Å². The van der Waals surface area contributed by atoms with E-state index in [9.17, 15) is 9.59 Å². The molecule has 0 bridgehead atoms. The molecule has 1 saturated carbocycles. The van der Waals surface area contributed by atoms with Crippen LogP contribution >= 0.6 is 23.2 Å². The van der Waals surface area contributed by atoms with Gasteiger partial charge < -0.3 is 35.2 Å². The number of benzene rings is 2. The third kappa shape index (κ3) is 9.30. The third-order valence-corrected chi connectivity index (χ3v) is 14.3. The summed E-state index contributed by atoms with van der Waals surface area (Å²) in [6.45, 7) is 17.6. The summed E-state index contributed by atoms with van der Waals surface area (Å²) in [5.41, 5.74) is 9.42. The molecular formula is C50H60Cl2F2N12O4. The zero-order chi connectivity index (χ0) is 49.9. The average Bonchev–Trinajstić information content (AvgIpc) is 4.05. The van der Waals surface area contributed by atoms with Crippen LogP contribution in [0.15, 0.2) is 36.9 Å². The molecule has 0 radical (unpaired) electrons. The summed E-state index contributed by atoms with van der Waals surface area (Å²) in [4.78, 5) is 55.3. The molecule has 70 heavy (non-hydrogen) atoms. The predicted octanol–water partition coefficient (Wildman–Crippen LogP) is 7.83. The number of fused-ring (bicyclic) bond motifs is 2. The van der Waals surface area contributed by atoms with Crippen molar-refractivity contribution < 1.29 is 27.8 Å². The summed E-state index contributed by atoms with van der Waals surface area (Å²) in [7, 11) is 1.98. The second kappa shape index (κ2) is 19.8. The predicted molar refractivity (Wildman–Crippen MR) is 266 cm³/mol. The molecule has 1 aliphatic carbocycles. The number of nitrogens with one attached hydrogen (secondary N) is 1. The largest absolute Gasteiger partial charge is 0.490 e. The molecule has 2 saturated heterocycles. The zero-order valence-corrected chi connectivity index (χ0v) is 42.3. The number of hydrogen-bond donors (Lipinski definition) is 2. The summed E-state index contributed by atoms with van der Waals surface area (Å²) in [6.07, 6.45) is 8.05. The highest BCUT2D eigenvalue weighted by Crippen LogP contribution is 2.43. The van der Waals surface area contributed by atoms with Gasteiger partial charge in [0.05, 0.1) is 34.1 Å². The van der Waals surface area contributed by atoms with E-state index in [1.807, 2.05) is 64.3 Å². The minimum atomic E-state index is -0.871. The van der Waals surface area contributed by atoms with Gasteiger partial charge in [0, 0.05) is 106 Å². The Kier molecular flexibility index (Phi) is 13.9. The Morgan fingerprint density at radius 1 is 0.743 bits per heavy atom. The van der Waals surface area contributed by atoms with Crippen molar-refractivity contribution in [3.63, 3.8) is 0 Å². The lowest BCUT2D eigenvalue weighted by atomic mass is 9.95. The first-order valence-electron chi connectivity index (χ1n) is 24.0. The standard InChI is InChI=1S/C50H60Cl2F2N12O4/c1-26(2)69-43-33(23-35(51)39(53)37(43)49(67)64-21-19-62(20-22-64)32-9-10-32)28(4)48-60-31(7)42-46(57-12-14-66(42)48)58-25-27(3)70-44-34(29(5)47-59-30(6)41-45(55)56-11-13-65(41)47)24-36(52)40(54)38(44)50(68)63-17-15-61(8)16-18-63/h11-14,23-24,26-29,32H,9-10,15-22,25H2,1-8H3,(H2,55,56)(H,57,58). The van der Waals surface area contributed by atoms with Crippen LogP contribution in [-0.4, -0.2) is 144 Å². The Morgan fingerprint density at radius 2 is 1.23 bits per heavy atom. The number of aromatic nitrogens is 6. The Bertz CT molecular complexity index is 2980. The second-order valence-corrected chi connectivity index (χ2v) is 20.0. The molecule has 2 aromatic carbocycles. The highest BCUT2D eigenvalue weighted by atomic mass is 35.5. The number of likely N-dealkylation sites (N-methyl/N-ethyl adjacent to an activating group) is 1. The van der Waals surface area contributed by atoms with E-state index in [4.69, 9.17) is 53.4 Å². The maximum absolute atomic E-state index is 16.5. The second-order valence-electron chi connectivity index (χ2n) is 19.1. The lowest BCUT2D eigenvalue weighted by molar-refractivity contribution is 0.0614. The molecular weight excluding hydrogens is 942 g/mol. The molecule has 16 nitrogen and oxygen atoms in total. The number of hydrogen-bond acceptors (Lipinski definition) is 12. The highest BCUT2D eigenvalue weighted by molar-refractivity contribution is 6.31. The van der Waals surface area contributed by atoms with Gasteiger partial charge in [-0.2, -0.15) is 0 Å². The van der Waals surface area contributed by atoms with E-state index in [2.05, 4.69) is 20.1 Å². The van der Waals surface area contributed by atoms with Crippen LogP contribution in [0.25, 0.3) is 11.0 Å². The van der Waals surface area contributed by atoms with Gasteiger partial charge in [-0.1, -0.05) is 37.0 Å². The van der Waals surface area contributed by atoms with E-state index in [1.165, 1.54) is 25.0 Å². The molecule has 6 aromatic rings. The van der Waals surface area contributed by atoms with E-state index in [0.717, 1.165) is 13.1 Å². The van der Waals surface area contributed by atoms with Crippen LogP contribution in [0, 0.1) is 25.5 Å². The summed E-state index contributed by atoms with van der Waals surface area (Å²) in [6, 6.07) is 3.60. The minimum absolute atomic E-state index is 0.0580. The van der Waals surface area contributed by atoms with Gasteiger partial charge in [0.1, 0.15) is 57.2 Å². The van der Waals surface area contributed by atoms with Gasteiger partial charge in [-0.3, -0.25) is 23.3 Å². The number of nitrogens with zero attached hydrogens (tertiary/aromatic N) is 10. The molecule has 6 heterocycles. The molecule has 20 heteroatoms. The molecule has 2 amide bonds. The smallest absolute Gasteiger partial charge is 0.260 e. The summed E-state index contributed by atoms with van der Waals surface area (Å²) >= 11 is 13.3. The van der Waals surface area contributed by atoms with Crippen molar-refractivity contribution >= 4 is 57.7 Å². The van der Waals surface area contributed by atoms with E-state index < -0.39 is 41.4 Å². The van der Waals surface area contributed by atoms with Gasteiger partial charge in [0.25, 0.3) is 11.8 Å². The number of rotatable bonds is 14. The molecule has 3 atom stereocenters. The van der Waals surface area contributed by atoms with Crippen molar-refractivity contribution in [2.24, 2.45) is 0 Å². The molecule has 4 aromatic heterocycles. The number of nitrogens with two attached hydrogens (primary N) is 1. The Morgan fingerprint density at radius 3 is 1.76 bits per heavy atom. The van der Waals surface area contributed by atoms with Gasteiger partial charge in [-0.25, -0.2) is 28.7 Å². The lowest BCUT2D eigenvalue weighted by Crippen LogP contribution is -2.49. The number of carbonyl (C=O) groups excluding carboxylic acids is 2. The maximum atomic E-state index is 16.5. The topological polar surface area (TPSA) is 164 Å². The van der Waals surface area contributed by atoms with Crippen molar-refractivity contribution in [1.29, 1.82) is 0 Å². The van der Waals surface area contributed by atoms with Crippen molar-refractivity contribution in [1.82, 2.24) is 48.3 Å². The highest BCUT2D eigenvalue weighted by Gasteiger charge is 2.37. The molecule has 3 fully saturated rings. The SMILES string of the molecule is Cc1nc(C(C)c2cc(Cl)c(F)c(C(=O)N3CCN(C)CC3)c2OC(C)CNc2nccn3c(C(C)c4cc(Cl)c(F)c(C(=O)N5CCN(C6CC6)CC5)c4OC(C)C)nc(C)c23)n2ccnc(N)c12. The first-order chi connectivity index (χ1) is 33.4. The van der Waals surface area contributed by atoms with Crippen LogP contribution in [-0.2, 0) is 0 Å². The number of nitrogen functional groups attached to an aromatic ring is 1. The van der Waals surface area contributed by atoms with Gasteiger partial charge in [0.15, 0.2) is 17.5 Å². The average molecular weight is 1000 g/mol. The van der Waals surface area contributed by atoms with Gasteiger partial charge in [-0.05, 0) is 66.6 Å². The van der Waals surface area contributed by atoms with Crippen molar-refractivity contribution in [3.8, 4) is 11.5 Å². The third-order valence-electron chi connectivity index (χ3n) is 13.8. The number of imidazole rings is 2. The number of halogens is 4. The van der Waals surface area contributed by atoms with Crippen LogP contribution in [0.5, 0.6) is 11.5 Å². The quantitative estimate of drug-likeness (QED) is 0.109. The van der Waals surface area contributed by atoms with Crippen LogP contribution in [0.4, 0.5) is 20.4 Å². The molecule has 3 aliphatic rings. The number of piperazine rings is 2. The zero-order valence-electron chi connectivity index (χ0n) is 40.8. The molecule has 2 aliphatic heterocycles. The number of ether oxygens (including phenoxy) is 2. The molecule has 9 rings (SSSR count). The molecule has 3 N–H and O–H groups in total. The summed E-state index contributed by atoms with van der Waals surface area (Å²) in [5, 5.41) is 3.02. The fourth-order valence-corrected chi connectivity index (χ4v) is 10.3. The normalized spacial score (nSPS) is 17.4. The summed E-state index contributed by atoms with van der Waals surface area (Å²) in [5.74, 6) is -1.62. The van der Waals surface area contributed by atoms with E-state index in [-0.39, 0.29) is 45.3 Å². The van der Waals surface area contributed by atoms with Crippen LogP contribution in [0.1, 0.15) is 114 Å². The van der Waals surface area contributed by atoms with Gasteiger partial charge in [0.2, 0.25) is 0 Å². The Hall–Kier alpha value is -5.82. The Balaban J connectivity index is 1.03. The van der Waals surface area contributed by atoms with E-state index >= 15 is 8.78 Å². The number of aryl methyl sites for hydroxylation is 2. The van der Waals surface area contributed by atoms with Crippen molar-refractivity contribution in [2.75, 3.05) is 77.0 Å². The minimum Gasteiger partial charge on any atom is -0.490 e.